The summed E-state index contributed by atoms with van der Waals surface area (Å²) in [7, 11) is 0. The Morgan fingerprint density at radius 3 is 2.62 bits per heavy atom. The van der Waals surface area contributed by atoms with Crippen LogP contribution in [-0.4, -0.2) is 17.3 Å². The van der Waals surface area contributed by atoms with E-state index in [1.54, 1.807) is 6.08 Å². The minimum Gasteiger partial charge on any atom is -0.299 e. The topological polar surface area (TPSA) is 51.2 Å². The average Bonchev–Trinajstić information content (AvgIpc) is 2.76. The zero-order valence-corrected chi connectivity index (χ0v) is 9.40. The van der Waals surface area contributed by atoms with E-state index in [1.807, 2.05) is 13.8 Å². The first-order valence-electron chi connectivity index (χ1n) is 5.73. The minimum atomic E-state index is -0.512. The SMILES string of the molecule is CC1(C)C(=O)C[C@@H]2C(=O)[C@H]3C=CC(=O)[C@H]3[C@@H]21. The first kappa shape index (κ1) is 9.94. The van der Waals surface area contributed by atoms with E-state index in [0.29, 0.717) is 6.42 Å². The molecule has 16 heavy (non-hydrogen) atoms. The van der Waals surface area contributed by atoms with Gasteiger partial charge >= 0.3 is 0 Å². The van der Waals surface area contributed by atoms with E-state index in [4.69, 9.17) is 0 Å². The molecule has 0 bridgehead atoms. The van der Waals surface area contributed by atoms with Crippen molar-refractivity contribution >= 4 is 17.3 Å². The van der Waals surface area contributed by atoms with Crippen molar-refractivity contribution in [1.82, 2.24) is 0 Å². The van der Waals surface area contributed by atoms with Gasteiger partial charge in [-0.2, -0.15) is 0 Å². The predicted molar refractivity (Wildman–Crippen MR) is 56.5 cm³/mol. The number of carbonyl (C=O) groups excluding carboxylic acids is 3. The summed E-state index contributed by atoms with van der Waals surface area (Å²) in [4.78, 5) is 35.7. The van der Waals surface area contributed by atoms with E-state index in [9.17, 15) is 14.4 Å². The van der Waals surface area contributed by atoms with Gasteiger partial charge in [-0.3, -0.25) is 14.4 Å². The Bertz CT molecular complexity index is 444. The number of ketones is 3. The zero-order chi connectivity index (χ0) is 11.7. The van der Waals surface area contributed by atoms with Crippen molar-refractivity contribution in [2.24, 2.45) is 29.1 Å². The van der Waals surface area contributed by atoms with Crippen LogP contribution in [0.3, 0.4) is 0 Å². The molecule has 4 atom stereocenters. The molecule has 2 fully saturated rings. The van der Waals surface area contributed by atoms with Crippen LogP contribution in [0.5, 0.6) is 0 Å². The number of hydrogen-bond acceptors (Lipinski definition) is 3. The lowest BCUT2D eigenvalue weighted by Crippen LogP contribution is -2.33. The van der Waals surface area contributed by atoms with Crippen molar-refractivity contribution in [3.8, 4) is 0 Å². The highest BCUT2D eigenvalue weighted by atomic mass is 16.1. The van der Waals surface area contributed by atoms with Gasteiger partial charge in [0.15, 0.2) is 5.78 Å². The summed E-state index contributed by atoms with van der Waals surface area (Å²) < 4.78 is 0. The quantitative estimate of drug-likeness (QED) is 0.613. The van der Waals surface area contributed by atoms with Crippen LogP contribution in [0, 0.1) is 29.1 Å². The third-order valence-electron chi connectivity index (χ3n) is 4.65. The molecule has 3 aliphatic carbocycles. The molecule has 3 nitrogen and oxygen atoms in total. The van der Waals surface area contributed by atoms with Crippen LogP contribution >= 0.6 is 0 Å². The van der Waals surface area contributed by atoms with Crippen molar-refractivity contribution in [2.45, 2.75) is 20.3 Å². The predicted octanol–water partition coefficient (Wildman–Crippen LogP) is 1.17. The first-order chi connectivity index (χ1) is 7.44. The van der Waals surface area contributed by atoms with Crippen molar-refractivity contribution in [2.75, 3.05) is 0 Å². The maximum atomic E-state index is 12.1. The summed E-state index contributed by atoms with van der Waals surface area (Å²) in [5.41, 5.74) is -0.512. The average molecular weight is 218 g/mol. The zero-order valence-electron chi connectivity index (χ0n) is 9.40. The number of carbonyl (C=O) groups is 3. The van der Waals surface area contributed by atoms with E-state index < -0.39 is 5.41 Å². The van der Waals surface area contributed by atoms with Crippen molar-refractivity contribution in [3.63, 3.8) is 0 Å². The Morgan fingerprint density at radius 1 is 1.25 bits per heavy atom. The summed E-state index contributed by atoms with van der Waals surface area (Å²) in [6.07, 6.45) is 3.58. The fourth-order valence-electron chi connectivity index (χ4n) is 3.78. The van der Waals surface area contributed by atoms with E-state index >= 15 is 0 Å². The number of fused-ring (bicyclic) bond motifs is 3. The van der Waals surface area contributed by atoms with Crippen LogP contribution in [0.4, 0.5) is 0 Å². The fraction of sp³-hybridized carbons (Fsp3) is 0.615. The van der Waals surface area contributed by atoms with Gasteiger partial charge in [0, 0.05) is 29.6 Å². The summed E-state index contributed by atoms with van der Waals surface area (Å²) >= 11 is 0. The maximum Gasteiger partial charge on any atom is 0.159 e. The highest BCUT2D eigenvalue weighted by Crippen LogP contribution is 2.57. The monoisotopic (exact) mass is 218 g/mol. The summed E-state index contributed by atoms with van der Waals surface area (Å²) in [5, 5.41) is 0. The molecule has 0 saturated heterocycles. The summed E-state index contributed by atoms with van der Waals surface area (Å²) in [6.45, 7) is 3.75. The van der Waals surface area contributed by atoms with Crippen molar-refractivity contribution in [1.29, 1.82) is 0 Å². The number of hydrogen-bond donors (Lipinski definition) is 0. The van der Waals surface area contributed by atoms with Crippen molar-refractivity contribution < 1.29 is 14.4 Å². The molecule has 0 aliphatic heterocycles. The van der Waals surface area contributed by atoms with Crippen LogP contribution in [0.2, 0.25) is 0 Å². The Balaban J connectivity index is 2.10. The highest BCUT2D eigenvalue weighted by Gasteiger charge is 2.63. The second kappa shape index (κ2) is 2.70. The lowest BCUT2D eigenvalue weighted by atomic mass is 9.73. The van der Waals surface area contributed by atoms with Gasteiger partial charge in [-0.15, -0.1) is 0 Å². The number of rotatable bonds is 0. The van der Waals surface area contributed by atoms with Gasteiger partial charge in [0.2, 0.25) is 0 Å². The van der Waals surface area contributed by atoms with Crippen LogP contribution in [0.15, 0.2) is 12.2 Å². The molecule has 0 amide bonds. The van der Waals surface area contributed by atoms with Crippen LogP contribution in [0.25, 0.3) is 0 Å². The molecule has 3 aliphatic rings. The normalized spacial score (nSPS) is 44.0. The standard InChI is InChI=1S/C13H14O3/c1-13(2)9(15)5-7-11(13)10-6(12(7)16)3-4-8(10)14/h3-4,6-7,10-11H,5H2,1-2H3/t6-,7-,10-,11+/m0/s1. The highest BCUT2D eigenvalue weighted by molar-refractivity contribution is 6.08. The maximum absolute atomic E-state index is 12.1. The second-order valence-electron chi connectivity index (χ2n) is 5.70. The van der Waals surface area contributed by atoms with Gasteiger partial charge in [-0.25, -0.2) is 0 Å². The molecule has 0 aromatic rings. The smallest absolute Gasteiger partial charge is 0.159 e. The number of allylic oxidation sites excluding steroid dienone is 2. The molecule has 0 unspecified atom stereocenters. The molecule has 0 aromatic carbocycles. The third-order valence-corrected chi connectivity index (χ3v) is 4.65. The molecule has 3 heteroatoms. The second-order valence-corrected chi connectivity index (χ2v) is 5.70. The van der Waals surface area contributed by atoms with Gasteiger partial charge < -0.3 is 0 Å². The molecular weight excluding hydrogens is 204 g/mol. The summed E-state index contributed by atoms with van der Waals surface area (Å²) in [6, 6.07) is 0. The van der Waals surface area contributed by atoms with Gasteiger partial charge in [-0.1, -0.05) is 19.9 Å². The third kappa shape index (κ3) is 0.920. The molecule has 84 valence electrons. The lowest BCUT2D eigenvalue weighted by molar-refractivity contribution is -0.130. The first-order valence-corrected chi connectivity index (χ1v) is 5.73. The molecule has 3 rings (SSSR count). The van der Waals surface area contributed by atoms with Crippen LogP contribution < -0.4 is 0 Å². The molecular formula is C13H14O3. The van der Waals surface area contributed by atoms with Gasteiger partial charge in [-0.05, 0) is 12.0 Å². The molecule has 2 saturated carbocycles. The van der Waals surface area contributed by atoms with E-state index in [0.717, 1.165) is 0 Å². The Morgan fingerprint density at radius 2 is 1.94 bits per heavy atom. The molecule has 0 aromatic heterocycles. The van der Waals surface area contributed by atoms with Crippen LogP contribution in [0.1, 0.15) is 20.3 Å². The van der Waals surface area contributed by atoms with E-state index in [1.165, 1.54) is 6.08 Å². The van der Waals surface area contributed by atoms with E-state index in [-0.39, 0.29) is 41.0 Å². The minimum absolute atomic E-state index is 0.0358. The molecule has 0 radical (unpaired) electrons. The number of Topliss-reactive ketones (excluding diaryl/α,β-unsaturated/α-hetero) is 2. The largest absolute Gasteiger partial charge is 0.299 e. The Labute approximate surface area is 93.9 Å². The Kier molecular flexibility index (Phi) is 1.68. The molecule has 0 spiro atoms. The van der Waals surface area contributed by atoms with Crippen molar-refractivity contribution in [3.05, 3.63) is 12.2 Å². The summed E-state index contributed by atoms with van der Waals surface area (Å²) in [5.74, 6) is -0.487. The van der Waals surface area contributed by atoms with Crippen LogP contribution in [-0.2, 0) is 14.4 Å². The van der Waals surface area contributed by atoms with Gasteiger partial charge in [0.1, 0.15) is 11.6 Å². The molecule has 0 N–H and O–H groups in total. The Hall–Kier alpha value is -1.25. The fourth-order valence-corrected chi connectivity index (χ4v) is 3.78. The van der Waals surface area contributed by atoms with Gasteiger partial charge in [0.05, 0.1) is 0 Å². The van der Waals surface area contributed by atoms with E-state index in [2.05, 4.69) is 0 Å². The molecule has 0 heterocycles. The lowest BCUT2D eigenvalue weighted by Gasteiger charge is -2.28. The van der Waals surface area contributed by atoms with Gasteiger partial charge in [0.25, 0.3) is 0 Å².